The van der Waals surface area contributed by atoms with Crippen molar-refractivity contribution in [3.05, 3.63) is 48.3 Å². The number of pyridine rings is 1. The first-order valence-electron chi connectivity index (χ1n) is 9.58. The molecule has 0 aliphatic carbocycles. The van der Waals surface area contributed by atoms with Crippen LogP contribution in [0.3, 0.4) is 0 Å². The van der Waals surface area contributed by atoms with E-state index in [0.29, 0.717) is 45.0 Å². The number of fused-ring (bicyclic) bond motifs is 1. The van der Waals surface area contributed by atoms with E-state index in [1.54, 1.807) is 29.4 Å². The first kappa shape index (κ1) is 20.2. The number of alkyl halides is 3. The average molecular weight is 422 g/mol. The van der Waals surface area contributed by atoms with Gasteiger partial charge in [0.15, 0.2) is 5.65 Å². The number of furan rings is 1. The fourth-order valence-corrected chi connectivity index (χ4v) is 3.49. The van der Waals surface area contributed by atoms with E-state index in [4.69, 9.17) is 4.42 Å². The molecule has 160 valence electrons. The normalized spacial score (nSPS) is 15.6. The third-order valence-electron chi connectivity index (χ3n) is 5.05. The van der Waals surface area contributed by atoms with E-state index in [-0.39, 0.29) is 23.7 Å². The van der Waals surface area contributed by atoms with Crippen molar-refractivity contribution in [1.29, 1.82) is 0 Å². The van der Waals surface area contributed by atoms with E-state index < -0.39 is 12.0 Å². The number of nitrogens with zero attached hydrogens (tertiary/aromatic N) is 5. The van der Waals surface area contributed by atoms with Gasteiger partial charge in [-0.2, -0.15) is 13.2 Å². The summed E-state index contributed by atoms with van der Waals surface area (Å²) in [6.07, 6.45) is -1.55. The Balaban J connectivity index is 1.32. The van der Waals surface area contributed by atoms with Crippen LogP contribution < -0.4 is 5.32 Å². The van der Waals surface area contributed by atoms with Crippen molar-refractivity contribution < 1.29 is 22.4 Å². The number of nitrogens with one attached hydrogen (secondary N) is 1. The van der Waals surface area contributed by atoms with Crippen molar-refractivity contribution in [3.8, 4) is 0 Å². The maximum Gasteiger partial charge on any atom is 0.449 e. The molecule has 4 rings (SSSR count). The molecule has 8 nitrogen and oxygen atoms in total. The van der Waals surface area contributed by atoms with Crippen LogP contribution in [0.5, 0.6) is 0 Å². The summed E-state index contributed by atoms with van der Waals surface area (Å²) in [5, 5.41) is 2.80. The highest BCUT2D eigenvalue weighted by Crippen LogP contribution is 2.30. The van der Waals surface area contributed by atoms with E-state index in [1.165, 1.54) is 12.3 Å². The third-order valence-corrected chi connectivity index (χ3v) is 5.05. The predicted octanol–water partition coefficient (Wildman–Crippen LogP) is 2.57. The Bertz CT molecular complexity index is 994. The lowest BCUT2D eigenvalue weighted by Gasteiger charge is -2.34. The van der Waals surface area contributed by atoms with Gasteiger partial charge in [0.1, 0.15) is 11.3 Å². The van der Waals surface area contributed by atoms with Gasteiger partial charge in [0.05, 0.1) is 12.8 Å². The molecule has 4 heterocycles. The second-order valence-corrected chi connectivity index (χ2v) is 7.00. The molecule has 0 atom stereocenters. The first-order chi connectivity index (χ1) is 14.4. The van der Waals surface area contributed by atoms with Gasteiger partial charge in [0, 0.05) is 45.5 Å². The Hall–Kier alpha value is -3.08. The highest BCUT2D eigenvalue weighted by molar-refractivity contribution is 5.74. The molecule has 1 aliphatic rings. The number of halogens is 3. The number of imidazole rings is 1. The summed E-state index contributed by atoms with van der Waals surface area (Å²) < 4.78 is 46.5. The summed E-state index contributed by atoms with van der Waals surface area (Å²) in [5.41, 5.74) is 0.448. The molecule has 30 heavy (non-hydrogen) atoms. The SMILES string of the molecule is O=C(NCc1ccco1)N1CCN(CCn2c(C(F)(F)F)nc3cccnc32)CC1. The van der Waals surface area contributed by atoms with Gasteiger partial charge in [-0.3, -0.25) is 4.90 Å². The second-order valence-electron chi connectivity index (χ2n) is 7.00. The Morgan fingerprint density at radius 1 is 1.13 bits per heavy atom. The van der Waals surface area contributed by atoms with Gasteiger partial charge >= 0.3 is 12.2 Å². The van der Waals surface area contributed by atoms with Crippen LogP contribution in [0.4, 0.5) is 18.0 Å². The number of carbonyl (C=O) groups excluding carboxylic acids is 1. The molecule has 1 aliphatic heterocycles. The van der Waals surface area contributed by atoms with Gasteiger partial charge in [0.25, 0.3) is 0 Å². The Morgan fingerprint density at radius 2 is 1.93 bits per heavy atom. The molecule has 0 spiro atoms. The van der Waals surface area contributed by atoms with Gasteiger partial charge in [-0.05, 0) is 24.3 Å². The second kappa shape index (κ2) is 8.34. The monoisotopic (exact) mass is 422 g/mol. The molecule has 0 unspecified atom stereocenters. The largest absolute Gasteiger partial charge is 0.467 e. The van der Waals surface area contributed by atoms with Crippen LogP contribution in [0.2, 0.25) is 0 Å². The van der Waals surface area contributed by atoms with E-state index >= 15 is 0 Å². The topological polar surface area (TPSA) is 79.4 Å². The van der Waals surface area contributed by atoms with Crippen LogP contribution in [0, 0.1) is 0 Å². The van der Waals surface area contributed by atoms with Crippen LogP contribution in [0.15, 0.2) is 41.1 Å². The third kappa shape index (κ3) is 4.40. The number of aromatic nitrogens is 3. The number of piperazine rings is 1. The highest BCUT2D eigenvalue weighted by Gasteiger charge is 2.38. The lowest BCUT2D eigenvalue weighted by Crippen LogP contribution is -2.52. The molecule has 11 heteroatoms. The van der Waals surface area contributed by atoms with E-state index in [1.807, 2.05) is 4.90 Å². The summed E-state index contributed by atoms with van der Waals surface area (Å²) in [6.45, 7) is 3.00. The maximum atomic E-state index is 13.4. The standard InChI is InChI=1S/C19H21F3N6O2/c20-19(21,22)17-25-15-4-1-5-23-16(15)28(17)11-8-26-6-9-27(10-7-26)18(29)24-13-14-3-2-12-30-14/h1-5,12H,6-11,13H2,(H,24,29). The van der Waals surface area contributed by atoms with Crippen molar-refractivity contribution >= 4 is 17.2 Å². The Labute approximate surface area is 170 Å². The molecule has 0 radical (unpaired) electrons. The molecule has 0 saturated carbocycles. The van der Waals surface area contributed by atoms with Gasteiger partial charge in [0.2, 0.25) is 5.82 Å². The molecule has 2 amide bonds. The number of urea groups is 1. The lowest BCUT2D eigenvalue weighted by molar-refractivity contribution is -0.147. The number of hydrogen-bond acceptors (Lipinski definition) is 5. The minimum Gasteiger partial charge on any atom is -0.467 e. The van der Waals surface area contributed by atoms with Gasteiger partial charge in [-0.15, -0.1) is 0 Å². The lowest BCUT2D eigenvalue weighted by atomic mass is 10.3. The van der Waals surface area contributed by atoms with Crippen LogP contribution >= 0.6 is 0 Å². The minimum absolute atomic E-state index is 0.118. The van der Waals surface area contributed by atoms with Crippen LogP contribution in [0.1, 0.15) is 11.6 Å². The molecule has 0 bridgehead atoms. The number of hydrogen-bond donors (Lipinski definition) is 1. The first-order valence-corrected chi connectivity index (χ1v) is 9.58. The number of rotatable bonds is 5. The fourth-order valence-electron chi connectivity index (χ4n) is 3.49. The maximum absolute atomic E-state index is 13.4. The quantitative estimate of drug-likeness (QED) is 0.684. The van der Waals surface area contributed by atoms with Crippen molar-refractivity contribution in [2.24, 2.45) is 0 Å². The fraction of sp³-hybridized carbons (Fsp3) is 0.421. The van der Waals surface area contributed by atoms with Gasteiger partial charge < -0.3 is 19.2 Å². The molecular weight excluding hydrogens is 401 g/mol. The summed E-state index contributed by atoms with van der Waals surface area (Å²) in [7, 11) is 0. The summed E-state index contributed by atoms with van der Waals surface area (Å²) in [5.74, 6) is -0.268. The van der Waals surface area contributed by atoms with E-state index in [9.17, 15) is 18.0 Å². The highest BCUT2D eigenvalue weighted by atomic mass is 19.4. The summed E-state index contributed by atoms with van der Waals surface area (Å²) in [4.78, 5) is 23.8. The smallest absolute Gasteiger partial charge is 0.449 e. The van der Waals surface area contributed by atoms with Crippen molar-refractivity contribution in [2.75, 3.05) is 32.7 Å². The van der Waals surface area contributed by atoms with Crippen molar-refractivity contribution in [1.82, 2.24) is 29.7 Å². The number of amides is 2. The molecule has 0 aromatic carbocycles. The van der Waals surface area contributed by atoms with Crippen molar-refractivity contribution in [3.63, 3.8) is 0 Å². The van der Waals surface area contributed by atoms with E-state index in [0.717, 1.165) is 4.57 Å². The summed E-state index contributed by atoms with van der Waals surface area (Å²) in [6, 6.07) is 6.44. The predicted molar refractivity (Wildman–Crippen MR) is 101 cm³/mol. The molecule has 1 saturated heterocycles. The van der Waals surface area contributed by atoms with Crippen LogP contribution in [-0.4, -0.2) is 63.1 Å². The van der Waals surface area contributed by atoms with Gasteiger partial charge in [-0.1, -0.05) is 0 Å². The zero-order chi connectivity index (χ0) is 21.1. The van der Waals surface area contributed by atoms with Crippen molar-refractivity contribution in [2.45, 2.75) is 19.3 Å². The molecular formula is C19H21F3N6O2. The number of carbonyl (C=O) groups is 1. The molecule has 1 fully saturated rings. The van der Waals surface area contributed by atoms with E-state index in [2.05, 4.69) is 15.3 Å². The molecule has 1 N–H and O–H groups in total. The molecule has 3 aromatic rings. The molecule has 3 aromatic heterocycles. The average Bonchev–Trinajstić information content (AvgIpc) is 3.38. The zero-order valence-corrected chi connectivity index (χ0v) is 16.1. The minimum atomic E-state index is -4.55. The zero-order valence-electron chi connectivity index (χ0n) is 16.1. The van der Waals surface area contributed by atoms with Gasteiger partial charge in [-0.25, -0.2) is 14.8 Å². The Kier molecular flexibility index (Phi) is 5.62. The Morgan fingerprint density at radius 3 is 2.63 bits per heavy atom. The summed E-state index contributed by atoms with van der Waals surface area (Å²) >= 11 is 0. The van der Waals surface area contributed by atoms with Crippen LogP contribution in [-0.2, 0) is 19.3 Å². The van der Waals surface area contributed by atoms with Crippen LogP contribution in [0.25, 0.3) is 11.2 Å².